The first-order chi connectivity index (χ1) is 8.89. The Balaban J connectivity index is 2.88. The van der Waals surface area contributed by atoms with Gasteiger partial charge in [-0.1, -0.05) is 45.0 Å². The average molecular weight is 285 g/mol. The van der Waals surface area contributed by atoms with E-state index in [0.717, 1.165) is 5.56 Å². The second-order valence-electron chi connectivity index (χ2n) is 5.08. The van der Waals surface area contributed by atoms with Gasteiger partial charge in [-0.05, 0) is 17.0 Å². The van der Waals surface area contributed by atoms with Crippen molar-refractivity contribution in [3.63, 3.8) is 0 Å². The summed E-state index contributed by atoms with van der Waals surface area (Å²) in [5.41, 5.74) is 1.45. The third-order valence-corrected chi connectivity index (χ3v) is 4.73. The van der Waals surface area contributed by atoms with Gasteiger partial charge in [0.2, 0.25) is 10.0 Å². The Bertz CT molecular complexity index is 497. The van der Waals surface area contributed by atoms with Crippen LogP contribution >= 0.6 is 0 Å². The van der Waals surface area contributed by atoms with Crippen molar-refractivity contribution >= 4 is 10.0 Å². The number of nitrogens with zero attached hydrogens (tertiary/aromatic N) is 1. The third-order valence-electron chi connectivity index (χ3n) is 2.84. The van der Waals surface area contributed by atoms with Crippen LogP contribution in [0, 0.1) is 5.92 Å². The summed E-state index contributed by atoms with van der Waals surface area (Å²) >= 11 is 0. The van der Waals surface area contributed by atoms with Gasteiger partial charge in [-0.25, -0.2) is 12.7 Å². The highest BCUT2D eigenvalue weighted by Crippen LogP contribution is 2.14. The maximum Gasteiger partial charge on any atom is 0.218 e. The Morgan fingerprint density at radius 1 is 1.26 bits per heavy atom. The molecule has 0 bridgehead atoms. The highest BCUT2D eigenvalue weighted by molar-refractivity contribution is 7.88. The normalized spacial score (nSPS) is 12.3. The summed E-state index contributed by atoms with van der Waals surface area (Å²) < 4.78 is 26.2. The van der Waals surface area contributed by atoms with Crippen LogP contribution in [0.3, 0.4) is 0 Å². The lowest BCUT2D eigenvalue weighted by molar-refractivity contribution is 0.281. The summed E-state index contributed by atoms with van der Waals surface area (Å²) in [6.07, 6.45) is 0. The largest absolute Gasteiger partial charge is 0.392 e. The molecule has 1 N–H and O–H groups in total. The lowest BCUT2D eigenvalue weighted by Gasteiger charge is -2.22. The van der Waals surface area contributed by atoms with Crippen LogP contribution in [0.5, 0.6) is 0 Å². The summed E-state index contributed by atoms with van der Waals surface area (Å²) in [7, 11) is -3.29. The van der Waals surface area contributed by atoms with Crippen molar-refractivity contribution in [1.82, 2.24) is 4.31 Å². The highest BCUT2D eigenvalue weighted by Gasteiger charge is 2.21. The van der Waals surface area contributed by atoms with Crippen LogP contribution in [-0.4, -0.2) is 30.9 Å². The molecule has 0 spiro atoms. The van der Waals surface area contributed by atoms with Crippen LogP contribution in [0.1, 0.15) is 31.9 Å². The van der Waals surface area contributed by atoms with Crippen LogP contribution in [0.25, 0.3) is 0 Å². The SMILES string of the molecule is CCN(CC(C)C)S(=O)(=O)Cc1cccc(CO)c1. The zero-order valence-corrected chi connectivity index (χ0v) is 12.7. The molecule has 0 aromatic heterocycles. The average Bonchev–Trinajstić information content (AvgIpc) is 2.35. The molecule has 1 aromatic carbocycles. The van der Waals surface area contributed by atoms with Gasteiger partial charge in [0.15, 0.2) is 0 Å². The van der Waals surface area contributed by atoms with E-state index in [-0.39, 0.29) is 12.4 Å². The molecule has 4 nitrogen and oxygen atoms in total. The molecule has 1 rings (SSSR count). The summed E-state index contributed by atoms with van der Waals surface area (Å²) in [4.78, 5) is 0. The summed E-state index contributed by atoms with van der Waals surface area (Å²) in [5.74, 6) is 0.292. The number of benzene rings is 1. The van der Waals surface area contributed by atoms with Gasteiger partial charge in [-0.3, -0.25) is 0 Å². The first-order valence-corrected chi connectivity index (χ1v) is 8.16. The lowest BCUT2D eigenvalue weighted by atomic mass is 10.1. The molecule has 1 aromatic rings. The van der Waals surface area contributed by atoms with Gasteiger partial charge in [0, 0.05) is 13.1 Å². The Hall–Kier alpha value is -0.910. The van der Waals surface area contributed by atoms with Crippen molar-refractivity contribution in [1.29, 1.82) is 0 Å². The highest BCUT2D eigenvalue weighted by atomic mass is 32.2. The third kappa shape index (κ3) is 4.93. The van der Waals surface area contributed by atoms with Crippen LogP contribution in [0.2, 0.25) is 0 Å². The van der Waals surface area contributed by atoms with E-state index in [0.29, 0.717) is 24.6 Å². The zero-order chi connectivity index (χ0) is 14.5. The van der Waals surface area contributed by atoms with Crippen molar-refractivity contribution in [3.05, 3.63) is 35.4 Å². The first kappa shape index (κ1) is 16.1. The van der Waals surface area contributed by atoms with Crippen molar-refractivity contribution < 1.29 is 13.5 Å². The van der Waals surface area contributed by atoms with Gasteiger partial charge < -0.3 is 5.11 Å². The van der Waals surface area contributed by atoms with Crippen LogP contribution in [0.15, 0.2) is 24.3 Å². The molecule has 0 unspecified atom stereocenters. The Kier molecular flexibility index (Phi) is 5.97. The molecule has 0 heterocycles. The Labute approximate surface area is 116 Å². The lowest BCUT2D eigenvalue weighted by Crippen LogP contribution is -2.34. The maximum atomic E-state index is 12.3. The summed E-state index contributed by atoms with van der Waals surface area (Å²) in [6.45, 7) is 6.81. The van der Waals surface area contributed by atoms with Crippen LogP contribution in [-0.2, 0) is 22.4 Å². The fraction of sp³-hybridized carbons (Fsp3) is 0.571. The molecule has 0 radical (unpaired) electrons. The molecule has 0 fully saturated rings. The minimum absolute atomic E-state index is 0.0125. The number of hydrogen-bond acceptors (Lipinski definition) is 3. The van der Waals surface area contributed by atoms with Crippen molar-refractivity contribution in [2.24, 2.45) is 5.92 Å². The predicted octanol–water partition coefficient (Wildman–Crippen LogP) is 1.99. The van der Waals surface area contributed by atoms with E-state index in [9.17, 15) is 8.42 Å². The van der Waals surface area contributed by atoms with Crippen molar-refractivity contribution in [3.8, 4) is 0 Å². The van der Waals surface area contributed by atoms with E-state index < -0.39 is 10.0 Å². The molecule has 0 aliphatic rings. The van der Waals surface area contributed by atoms with Gasteiger partial charge >= 0.3 is 0 Å². The molecule has 0 saturated carbocycles. The molecular formula is C14H23NO3S. The van der Waals surface area contributed by atoms with Crippen molar-refractivity contribution in [2.45, 2.75) is 33.1 Å². The molecular weight excluding hydrogens is 262 g/mol. The smallest absolute Gasteiger partial charge is 0.218 e. The molecule has 0 amide bonds. The molecule has 0 aliphatic carbocycles. The summed E-state index contributed by atoms with van der Waals surface area (Å²) in [6, 6.07) is 7.07. The monoisotopic (exact) mass is 285 g/mol. The zero-order valence-electron chi connectivity index (χ0n) is 11.8. The molecule has 108 valence electrons. The minimum atomic E-state index is -3.29. The van der Waals surface area contributed by atoms with Gasteiger partial charge in [-0.2, -0.15) is 0 Å². The quantitative estimate of drug-likeness (QED) is 0.833. The maximum absolute atomic E-state index is 12.3. The molecule has 5 heteroatoms. The number of rotatable bonds is 7. The fourth-order valence-electron chi connectivity index (χ4n) is 1.97. The molecule has 0 atom stereocenters. The topological polar surface area (TPSA) is 57.6 Å². The number of aliphatic hydroxyl groups excluding tert-OH is 1. The van der Waals surface area contributed by atoms with Gasteiger partial charge in [0.25, 0.3) is 0 Å². The van der Waals surface area contributed by atoms with E-state index in [1.165, 1.54) is 4.31 Å². The Morgan fingerprint density at radius 2 is 1.89 bits per heavy atom. The molecule has 19 heavy (non-hydrogen) atoms. The minimum Gasteiger partial charge on any atom is -0.392 e. The number of aliphatic hydroxyl groups is 1. The van der Waals surface area contributed by atoms with Gasteiger partial charge in [0.1, 0.15) is 0 Å². The van der Waals surface area contributed by atoms with E-state index >= 15 is 0 Å². The van der Waals surface area contributed by atoms with Crippen molar-refractivity contribution in [2.75, 3.05) is 13.1 Å². The fourth-order valence-corrected chi connectivity index (χ4v) is 3.67. The van der Waals surface area contributed by atoms with E-state index in [1.807, 2.05) is 20.8 Å². The van der Waals surface area contributed by atoms with Gasteiger partial charge in [0.05, 0.1) is 12.4 Å². The van der Waals surface area contributed by atoms with E-state index in [1.54, 1.807) is 24.3 Å². The standard InChI is InChI=1S/C14H23NO3S/c1-4-15(9-12(2)3)19(17,18)11-14-7-5-6-13(8-14)10-16/h5-8,12,16H,4,9-11H2,1-3H3. The number of hydrogen-bond donors (Lipinski definition) is 1. The molecule has 0 aliphatic heterocycles. The first-order valence-electron chi connectivity index (χ1n) is 6.55. The summed E-state index contributed by atoms with van der Waals surface area (Å²) in [5, 5.41) is 9.07. The molecule has 0 saturated heterocycles. The number of sulfonamides is 1. The van der Waals surface area contributed by atoms with E-state index in [4.69, 9.17) is 5.11 Å². The van der Waals surface area contributed by atoms with Gasteiger partial charge in [-0.15, -0.1) is 0 Å². The Morgan fingerprint density at radius 3 is 2.42 bits per heavy atom. The predicted molar refractivity (Wildman–Crippen MR) is 77.1 cm³/mol. The van der Waals surface area contributed by atoms with Crippen LogP contribution in [0.4, 0.5) is 0 Å². The van der Waals surface area contributed by atoms with E-state index in [2.05, 4.69) is 0 Å². The second-order valence-corrected chi connectivity index (χ2v) is 7.05. The second kappa shape index (κ2) is 7.03. The van der Waals surface area contributed by atoms with Crippen LogP contribution < -0.4 is 0 Å².